The van der Waals surface area contributed by atoms with E-state index in [0.717, 1.165) is 19.6 Å². The van der Waals surface area contributed by atoms with Crippen LogP contribution in [0.15, 0.2) is 24.7 Å². The van der Waals surface area contributed by atoms with Crippen molar-refractivity contribution in [3.05, 3.63) is 30.4 Å². The summed E-state index contributed by atoms with van der Waals surface area (Å²) < 4.78 is 2.19. The van der Waals surface area contributed by atoms with Crippen LogP contribution in [-0.4, -0.2) is 22.6 Å². The Labute approximate surface area is 78.5 Å². The molecular weight excluding hydrogens is 162 g/mol. The highest BCUT2D eigenvalue weighted by molar-refractivity contribution is 5.13. The summed E-state index contributed by atoms with van der Waals surface area (Å²) in [5.74, 6) is 0.654. The highest BCUT2D eigenvalue weighted by Gasteiger charge is 2.21. The van der Waals surface area contributed by atoms with Crippen LogP contribution in [0, 0.1) is 0 Å². The van der Waals surface area contributed by atoms with Gasteiger partial charge in [-0.3, -0.25) is 0 Å². The summed E-state index contributed by atoms with van der Waals surface area (Å²) in [6.45, 7) is 9.02. The molecule has 1 aromatic rings. The fourth-order valence-electron chi connectivity index (χ4n) is 1.59. The largest absolute Gasteiger partial charge is 0.330 e. The van der Waals surface area contributed by atoms with Gasteiger partial charge in [0.1, 0.15) is 0 Å². The van der Waals surface area contributed by atoms with Crippen molar-refractivity contribution >= 4 is 0 Å². The molecule has 0 radical (unpaired) electrons. The van der Waals surface area contributed by atoms with Gasteiger partial charge in [0.2, 0.25) is 0 Å². The van der Waals surface area contributed by atoms with Crippen molar-refractivity contribution in [2.75, 3.05) is 13.1 Å². The Morgan fingerprint density at radius 3 is 3.08 bits per heavy atom. The van der Waals surface area contributed by atoms with Crippen LogP contribution < -0.4 is 5.32 Å². The monoisotopic (exact) mass is 177 g/mol. The van der Waals surface area contributed by atoms with Crippen molar-refractivity contribution in [3.8, 4) is 0 Å². The van der Waals surface area contributed by atoms with Gasteiger partial charge in [-0.1, -0.05) is 12.2 Å². The Morgan fingerprint density at radius 2 is 2.54 bits per heavy atom. The van der Waals surface area contributed by atoms with Crippen LogP contribution in [0.25, 0.3) is 0 Å². The number of allylic oxidation sites excluding steroid dienone is 1. The summed E-state index contributed by atoms with van der Waals surface area (Å²) in [7, 11) is 0. The minimum absolute atomic E-state index is 0.654. The van der Waals surface area contributed by atoms with Crippen molar-refractivity contribution in [2.24, 2.45) is 0 Å². The first-order chi connectivity index (χ1) is 6.27. The molecule has 0 saturated carbocycles. The van der Waals surface area contributed by atoms with E-state index in [4.69, 9.17) is 0 Å². The SMILES string of the molecule is C=C(C)Cn1cncc1C1CNC1. The molecule has 1 fully saturated rings. The van der Waals surface area contributed by atoms with Crippen LogP contribution in [0.3, 0.4) is 0 Å². The smallest absolute Gasteiger partial charge is 0.0951 e. The number of nitrogens with zero attached hydrogens (tertiary/aromatic N) is 2. The van der Waals surface area contributed by atoms with Crippen molar-refractivity contribution in [1.29, 1.82) is 0 Å². The Balaban J connectivity index is 2.14. The topological polar surface area (TPSA) is 29.9 Å². The van der Waals surface area contributed by atoms with E-state index in [1.165, 1.54) is 11.3 Å². The second-order valence-corrected chi connectivity index (χ2v) is 3.76. The summed E-state index contributed by atoms with van der Waals surface area (Å²) in [6.07, 6.45) is 3.86. The number of nitrogens with one attached hydrogen (secondary N) is 1. The molecule has 1 N–H and O–H groups in total. The summed E-state index contributed by atoms with van der Waals surface area (Å²) in [5.41, 5.74) is 2.51. The fourth-order valence-corrected chi connectivity index (χ4v) is 1.59. The summed E-state index contributed by atoms with van der Waals surface area (Å²) in [4.78, 5) is 4.17. The van der Waals surface area contributed by atoms with Crippen LogP contribution in [0.4, 0.5) is 0 Å². The molecule has 0 aromatic carbocycles. The standard InChI is InChI=1S/C10H15N3/c1-8(2)6-13-7-12-5-10(13)9-3-11-4-9/h5,7,9,11H,1,3-4,6H2,2H3. The minimum atomic E-state index is 0.654. The van der Waals surface area contributed by atoms with Crippen LogP contribution in [0.5, 0.6) is 0 Å². The molecule has 2 heterocycles. The number of hydrogen-bond acceptors (Lipinski definition) is 2. The Morgan fingerprint density at radius 1 is 1.77 bits per heavy atom. The van der Waals surface area contributed by atoms with Crippen LogP contribution in [-0.2, 0) is 6.54 Å². The zero-order valence-electron chi connectivity index (χ0n) is 7.95. The molecule has 0 aliphatic carbocycles. The van der Waals surface area contributed by atoms with Crippen molar-refractivity contribution < 1.29 is 0 Å². The average Bonchev–Trinajstić information content (AvgIpc) is 2.32. The van der Waals surface area contributed by atoms with Crippen molar-refractivity contribution in [2.45, 2.75) is 19.4 Å². The molecule has 2 rings (SSSR count). The first-order valence-corrected chi connectivity index (χ1v) is 4.62. The molecule has 3 nitrogen and oxygen atoms in total. The van der Waals surface area contributed by atoms with E-state index in [2.05, 4.69) is 21.4 Å². The normalized spacial score (nSPS) is 17.0. The summed E-state index contributed by atoms with van der Waals surface area (Å²) >= 11 is 0. The lowest BCUT2D eigenvalue weighted by Crippen LogP contribution is -2.40. The first-order valence-electron chi connectivity index (χ1n) is 4.62. The Bertz CT molecular complexity index is 310. The lowest BCUT2D eigenvalue weighted by atomic mass is 10.00. The third-order valence-corrected chi connectivity index (χ3v) is 2.38. The van der Waals surface area contributed by atoms with Gasteiger partial charge in [-0.15, -0.1) is 0 Å². The predicted molar refractivity (Wildman–Crippen MR) is 52.7 cm³/mol. The maximum Gasteiger partial charge on any atom is 0.0951 e. The molecule has 0 bridgehead atoms. The van der Waals surface area contributed by atoms with Gasteiger partial charge in [0, 0.05) is 37.4 Å². The van der Waals surface area contributed by atoms with Gasteiger partial charge < -0.3 is 9.88 Å². The summed E-state index contributed by atoms with van der Waals surface area (Å²) in [6, 6.07) is 0. The third-order valence-electron chi connectivity index (χ3n) is 2.38. The molecule has 0 atom stereocenters. The third kappa shape index (κ3) is 1.65. The lowest BCUT2D eigenvalue weighted by Gasteiger charge is -2.27. The van der Waals surface area contributed by atoms with E-state index in [-0.39, 0.29) is 0 Å². The second-order valence-electron chi connectivity index (χ2n) is 3.76. The second kappa shape index (κ2) is 3.34. The predicted octanol–water partition coefficient (Wildman–Crippen LogP) is 1.15. The van der Waals surface area contributed by atoms with E-state index in [9.17, 15) is 0 Å². The number of hydrogen-bond donors (Lipinski definition) is 1. The molecule has 1 aliphatic heterocycles. The number of rotatable bonds is 3. The van der Waals surface area contributed by atoms with Gasteiger partial charge in [0.25, 0.3) is 0 Å². The molecule has 13 heavy (non-hydrogen) atoms. The van der Waals surface area contributed by atoms with E-state index in [0.29, 0.717) is 5.92 Å². The molecular formula is C10H15N3. The van der Waals surface area contributed by atoms with Gasteiger partial charge in [-0.25, -0.2) is 4.98 Å². The maximum absolute atomic E-state index is 4.17. The van der Waals surface area contributed by atoms with E-state index in [1.807, 2.05) is 19.4 Å². The maximum atomic E-state index is 4.17. The van der Waals surface area contributed by atoms with Gasteiger partial charge in [-0.05, 0) is 6.92 Å². The molecule has 1 saturated heterocycles. The van der Waals surface area contributed by atoms with Gasteiger partial charge in [0.15, 0.2) is 0 Å². The van der Waals surface area contributed by atoms with Crippen LogP contribution in [0.2, 0.25) is 0 Å². The zero-order chi connectivity index (χ0) is 9.26. The molecule has 0 unspecified atom stereocenters. The van der Waals surface area contributed by atoms with Gasteiger partial charge in [-0.2, -0.15) is 0 Å². The zero-order valence-corrected chi connectivity index (χ0v) is 7.95. The molecule has 70 valence electrons. The highest BCUT2D eigenvalue weighted by atomic mass is 15.1. The molecule has 0 amide bonds. The van der Waals surface area contributed by atoms with Gasteiger partial charge >= 0.3 is 0 Å². The summed E-state index contributed by atoms with van der Waals surface area (Å²) in [5, 5.41) is 3.27. The molecule has 1 aliphatic rings. The average molecular weight is 177 g/mol. The van der Waals surface area contributed by atoms with E-state index in [1.54, 1.807) is 0 Å². The van der Waals surface area contributed by atoms with Crippen molar-refractivity contribution in [1.82, 2.24) is 14.9 Å². The van der Waals surface area contributed by atoms with Crippen LogP contribution in [0.1, 0.15) is 18.5 Å². The molecule has 0 spiro atoms. The minimum Gasteiger partial charge on any atom is -0.330 e. The fraction of sp³-hybridized carbons (Fsp3) is 0.500. The number of imidazole rings is 1. The highest BCUT2D eigenvalue weighted by Crippen LogP contribution is 2.19. The molecule has 1 aromatic heterocycles. The van der Waals surface area contributed by atoms with E-state index >= 15 is 0 Å². The quantitative estimate of drug-likeness (QED) is 0.702. The molecule has 3 heteroatoms. The Hall–Kier alpha value is -1.09. The van der Waals surface area contributed by atoms with E-state index < -0.39 is 0 Å². The van der Waals surface area contributed by atoms with Crippen molar-refractivity contribution in [3.63, 3.8) is 0 Å². The first kappa shape index (κ1) is 8.51. The lowest BCUT2D eigenvalue weighted by molar-refractivity contribution is 0.427. The number of aromatic nitrogens is 2. The Kier molecular flexibility index (Phi) is 2.19. The van der Waals surface area contributed by atoms with Gasteiger partial charge in [0.05, 0.1) is 6.33 Å². The van der Waals surface area contributed by atoms with Crippen LogP contribution >= 0.6 is 0 Å².